The molecule has 0 atom stereocenters. The van der Waals surface area contributed by atoms with E-state index in [0.29, 0.717) is 28.4 Å². The van der Waals surface area contributed by atoms with Gasteiger partial charge in [-0.3, -0.25) is 14.2 Å². The summed E-state index contributed by atoms with van der Waals surface area (Å²) in [7, 11) is 0. The molecule has 32 heavy (non-hydrogen) atoms. The molecule has 2 aromatic heterocycles. The smallest absolute Gasteiger partial charge is 0.266 e. The van der Waals surface area contributed by atoms with Gasteiger partial charge in [-0.2, -0.15) is 5.10 Å². The Labute approximate surface area is 192 Å². The van der Waals surface area contributed by atoms with E-state index >= 15 is 0 Å². The first-order valence-electron chi connectivity index (χ1n) is 9.89. The molecule has 7 nitrogen and oxygen atoms in total. The van der Waals surface area contributed by atoms with Crippen LogP contribution in [0.25, 0.3) is 16.6 Å². The van der Waals surface area contributed by atoms with Gasteiger partial charge in [-0.05, 0) is 54.8 Å². The molecule has 2 aromatic carbocycles. The fraction of sp³-hybridized carbons (Fsp3) is 0.130. The Kier molecular flexibility index (Phi) is 6.98. The van der Waals surface area contributed by atoms with Crippen LogP contribution in [0.2, 0.25) is 0 Å². The minimum atomic E-state index is -0.288. The summed E-state index contributed by atoms with van der Waals surface area (Å²) in [5.41, 5.74) is 3.54. The van der Waals surface area contributed by atoms with Gasteiger partial charge in [0.2, 0.25) is 0 Å². The second-order valence-electron chi connectivity index (χ2n) is 6.58. The predicted molar refractivity (Wildman–Crippen MR) is 129 cm³/mol. The summed E-state index contributed by atoms with van der Waals surface area (Å²) in [6.45, 7) is 2.47. The zero-order valence-electron chi connectivity index (χ0n) is 17.2. The predicted octanol–water partition coefficient (Wildman–Crippen LogP) is 4.09. The van der Waals surface area contributed by atoms with Crippen LogP contribution in [-0.4, -0.2) is 34.0 Å². The fourth-order valence-corrected chi connectivity index (χ4v) is 4.38. The van der Waals surface area contributed by atoms with Gasteiger partial charge in [0.1, 0.15) is 5.75 Å². The molecule has 0 radical (unpaired) electrons. The molecule has 0 aliphatic carbocycles. The molecule has 9 heteroatoms. The molecule has 0 saturated heterocycles. The third-order valence-electron chi connectivity index (χ3n) is 4.41. The van der Waals surface area contributed by atoms with Crippen LogP contribution in [0.15, 0.2) is 81.1 Å². The summed E-state index contributed by atoms with van der Waals surface area (Å²) >= 11 is 2.71. The van der Waals surface area contributed by atoms with Crippen molar-refractivity contribution in [1.82, 2.24) is 15.0 Å². The Morgan fingerprint density at radius 1 is 1.19 bits per heavy atom. The van der Waals surface area contributed by atoms with Crippen molar-refractivity contribution in [2.75, 3.05) is 12.4 Å². The van der Waals surface area contributed by atoms with E-state index in [1.54, 1.807) is 48.7 Å². The van der Waals surface area contributed by atoms with E-state index in [-0.39, 0.29) is 17.2 Å². The molecule has 4 rings (SSSR count). The molecule has 0 fully saturated rings. The number of nitrogens with one attached hydrogen (secondary N) is 1. The van der Waals surface area contributed by atoms with Crippen molar-refractivity contribution in [3.05, 3.63) is 81.3 Å². The molecule has 1 amide bonds. The Morgan fingerprint density at radius 3 is 2.75 bits per heavy atom. The zero-order valence-corrected chi connectivity index (χ0v) is 18.9. The van der Waals surface area contributed by atoms with Crippen LogP contribution in [0.1, 0.15) is 11.8 Å². The van der Waals surface area contributed by atoms with Gasteiger partial charge in [-0.25, -0.2) is 10.4 Å². The normalized spacial score (nSPS) is 11.2. The monoisotopic (exact) mass is 464 g/mol. The number of benzene rings is 2. The molecule has 162 valence electrons. The number of hydrogen-bond acceptors (Lipinski definition) is 7. The van der Waals surface area contributed by atoms with Gasteiger partial charge in [0.05, 0.1) is 35.2 Å². The van der Waals surface area contributed by atoms with Crippen LogP contribution in [0.4, 0.5) is 0 Å². The largest absolute Gasteiger partial charge is 0.494 e. The molecule has 0 aliphatic heterocycles. The van der Waals surface area contributed by atoms with E-state index in [1.165, 1.54) is 27.7 Å². The number of hydrazone groups is 1. The topological polar surface area (TPSA) is 85.6 Å². The van der Waals surface area contributed by atoms with Crippen LogP contribution >= 0.6 is 23.1 Å². The van der Waals surface area contributed by atoms with E-state index in [4.69, 9.17) is 4.74 Å². The second-order valence-corrected chi connectivity index (χ2v) is 8.50. The Hall–Kier alpha value is -3.43. The molecule has 0 spiro atoms. The number of rotatable bonds is 8. The number of amides is 1. The van der Waals surface area contributed by atoms with Crippen molar-refractivity contribution in [3.8, 4) is 11.4 Å². The molecule has 2 heterocycles. The highest BCUT2D eigenvalue weighted by Crippen LogP contribution is 2.22. The van der Waals surface area contributed by atoms with Gasteiger partial charge in [-0.1, -0.05) is 30.0 Å². The van der Waals surface area contributed by atoms with Crippen LogP contribution in [0, 0.1) is 0 Å². The van der Waals surface area contributed by atoms with Gasteiger partial charge in [0, 0.05) is 4.88 Å². The van der Waals surface area contributed by atoms with E-state index in [2.05, 4.69) is 15.5 Å². The Balaban J connectivity index is 1.60. The number of para-hydroxylation sites is 1. The number of aromatic nitrogens is 2. The fourth-order valence-electron chi connectivity index (χ4n) is 2.99. The lowest BCUT2D eigenvalue weighted by Crippen LogP contribution is -2.24. The van der Waals surface area contributed by atoms with Crippen molar-refractivity contribution in [2.45, 2.75) is 12.1 Å². The zero-order chi connectivity index (χ0) is 22.3. The number of ether oxygens (including phenoxy) is 1. The van der Waals surface area contributed by atoms with Gasteiger partial charge >= 0.3 is 0 Å². The van der Waals surface area contributed by atoms with E-state index in [9.17, 15) is 9.59 Å². The van der Waals surface area contributed by atoms with Crippen molar-refractivity contribution < 1.29 is 9.53 Å². The summed E-state index contributed by atoms with van der Waals surface area (Å²) in [6, 6.07) is 18.2. The number of hydrogen-bond donors (Lipinski definition) is 1. The second kappa shape index (κ2) is 10.3. The summed E-state index contributed by atoms with van der Waals surface area (Å²) in [5.74, 6) is 0.488. The third kappa shape index (κ3) is 5.06. The number of fused-ring (bicyclic) bond motifs is 1. The first-order valence-corrected chi connectivity index (χ1v) is 11.8. The molecule has 0 aliphatic rings. The maximum absolute atomic E-state index is 13.3. The number of thiophene rings is 1. The number of carbonyl (C=O) groups is 1. The summed E-state index contributed by atoms with van der Waals surface area (Å²) in [5, 5.41) is 6.84. The Bertz CT molecular complexity index is 1300. The number of thioether (sulfide) groups is 1. The molecular formula is C23H20N4O3S2. The SMILES string of the molecule is CCOc1ccc(-n2c(SCC(=O)NN=Cc3cccs3)nc3ccccc3c2=O)cc1. The minimum absolute atomic E-state index is 0.0591. The summed E-state index contributed by atoms with van der Waals surface area (Å²) in [4.78, 5) is 31.1. The molecular weight excluding hydrogens is 444 g/mol. The van der Waals surface area contributed by atoms with E-state index in [0.717, 1.165) is 10.6 Å². The van der Waals surface area contributed by atoms with Gasteiger partial charge in [-0.15, -0.1) is 11.3 Å². The lowest BCUT2D eigenvalue weighted by Gasteiger charge is -2.13. The van der Waals surface area contributed by atoms with E-state index in [1.807, 2.05) is 30.5 Å². The molecule has 0 unspecified atom stereocenters. The lowest BCUT2D eigenvalue weighted by molar-refractivity contribution is -0.118. The van der Waals surface area contributed by atoms with Crippen molar-refractivity contribution >= 4 is 46.1 Å². The highest BCUT2D eigenvalue weighted by Gasteiger charge is 2.15. The molecule has 0 saturated carbocycles. The summed E-state index contributed by atoms with van der Waals surface area (Å²) in [6.07, 6.45) is 1.59. The van der Waals surface area contributed by atoms with Crippen LogP contribution in [0.5, 0.6) is 5.75 Å². The highest BCUT2D eigenvalue weighted by atomic mass is 32.2. The standard InChI is InChI=1S/C23H20N4O3S2/c1-2-30-17-11-9-16(10-12-17)27-22(29)19-7-3-4-8-20(19)25-23(27)32-15-21(28)26-24-14-18-6-5-13-31-18/h3-14H,2,15H2,1H3,(H,26,28). The third-order valence-corrected chi connectivity index (χ3v) is 6.15. The maximum atomic E-state index is 13.3. The molecule has 1 N–H and O–H groups in total. The van der Waals surface area contributed by atoms with Crippen LogP contribution in [-0.2, 0) is 4.79 Å². The van der Waals surface area contributed by atoms with Gasteiger partial charge < -0.3 is 4.74 Å². The number of carbonyl (C=O) groups excluding carboxylic acids is 1. The van der Waals surface area contributed by atoms with Crippen molar-refractivity contribution in [2.24, 2.45) is 5.10 Å². The first kappa shape index (κ1) is 21.8. The molecule has 0 bridgehead atoms. The van der Waals surface area contributed by atoms with E-state index < -0.39 is 0 Å². The minimum Gasteiger partial charge on any atom is -0.494 e. The van der Waals surface area contributed by atoms with Crippen molar-refractivity contribution in [3.63, 3.8) is 0 Å². The van der Waals surface area contributed by atoms with Gasteiger partial charge in [0.25, 0.3) is 11.5 Å². The van der Waals surface area contributed by atoms with Crippen LogP contribution in [0.3, 0.4) is 0 Å². The lowest BCUT2D eigenvalue weighted by atomic mass is 10.2. The average molecular weight is 465 g/mol. The number of nitrogens with zero attached hydrogens (tertiary/aromatic N) is 3. The molecule has 4 aromatic rings. The maximum Gasteiger partial charge on any atom is 0.266 e. The first-order chi connectivity index (χ1) is 15.7. The van der Waals surface area contributed by atoms with Crippen molar-refractivity contribution in [1.29, 1.82) is 0 Å². The quantitative estimate of drug-likeness (QED) is 0.184. The highest BCUT2D eigenvalue weighted by molar-refractivity contribution is 7.99. The van der Waals surface area contributed by atoms with Crippen LogP contribution < -0.4 is 15.7 Å². The average Bonchev–Trinajstić information content (AvgIpc) is 3.32. The summed E-state index contributed by atoms with van der Waals surface area (Å²) < 4.78 is 7.02. The Morgan fingerprint density at radius 2 is 2.00 bits per heavy atom. The van der Waals surface area contributed by atoms with Gasteiger partial charge in [0.15, 0.2) is 5.16 Å².